The molecule has 0 atom stereocenters. The summed E-state index contributed by atoms with van der Waals surface area (Å²) in [4.78, 5) is 0. The van der Waals surface area contributed by atoms with Crippen LogP contribution in [0.25, 0.3) is 0 Å². The molecular formula is C16H17F2NO2. The molecule has 0 aliphatic heterocycles. The first kappa shape index (κ1) is 15.1. The lowest BCUT2D eigenvalue weighted by Gasteiger charge is -2.19. The molecule has 3 nitrogen and oxygen atoms in total. The van der Waals surface area contributed by atoms with Crippen LogP contribution >= 0.6 is 0 Å². The van der Waals surface area contributed by atoms with Crippen molar-refractivity contribution in [1.82, 2.24) is 0 Å². The van der Waals surface area contributed by atoms with Gasteiger partial charge in [-0.1, -0.05) is 30.3 Å². The molecule has 0 spiro atoms. The van der Waals surface area contributed by atoms with Crippen LogP contribution in [0.1, 0.15) is 5.56 Å². The maximum Gasteiger partial charge on any atom is 0.290 e. The first-order chi connectivity index (χ1) is 10.1. The first-order valence-electron chi connectivity index (χ1n) is 6.46. The second kappa shape index (κ2) is 6.43. The monoisotopic (exact) mass is 293 g/mol. The Balaban J connectivity index is 2.12. The fourth-order valence-corrected chi connectivity index (χ4v) is 1.93. The molecular weight excluding hydrogens is 276 g/mol. The van der Waals surface area contributed by atoms with Gasteiger partial charge in [0.25, 0.3) is 5.92 Å². The molecule has 2 rings (SSSR count). The van der Waals surface area contributed by atoms with Crippen molar-refractivity contribution in [3.63, 3.8) is 0 Å². The van der Waals surface area contributed by atoms with Crippen LogP contribution in [-0.2, 0) is 5.92 Å². The zero-order valence-corrected chi connectivity index (χ0v) is 11.9. The Labute approximate surface area is 122 Å². The number of methoxy groups -OCH3 is 2. The highest BCUT2D eigenvalue weighted by Crippen LogP contribution is 2.32. The maximum absolute atomic E-state index is 14.1. The van der Waals surface area contributed by atoms with Crippen molar-refractivity contribution in [3.05, 3.63) is 54.1 Å². The molecule has 112 valence electrons. The van der Waals surface area contributed by atoms with Gasteiger partial charge in [0.1, 0.15) is 11.5 Å². The van der Waals surface area contributed by atoms with Crippen molar-refractivity contribution in [2.24, 2.45) is 0 Å². The van der Waals surface area contributed by atoms with Gasteiger partial charge in [-0.05, 0) is 12.1 Å². The summed E-state index contributed by atoms with van der Waals surface area (Å²) in [6, 6.07) is 12.7. The average Bonchev–Trinajstić information content (AvgIpc) is 2.53. The predicted octanol–water partition coefficient (Wildman–Crippen LogP) is 3.91. The molecule has 0 radical (unpaired) electrons. The summed E-state index contributed by atoms with van der Waals surface area (Å²) in [7, 11) is 3.01. The minimum Gasteiger partial charge on any atom is -0.497 e. The average molecular weight is 293 g/mol. The molecule has 0 bridgehead atoms. The predicted molar refractivity (Wildman–Crippen MR) is 78.4 cm³/mol. The summed E-state index contributed by atoms with van der Waals surface area (Å²) in [5.41, 5.74) is 0.471. The Morgan fingerprint density at radius 1 is 1.00 bits per heavy atom. The Hall–Kier alpha value is -2.30. The molecule has 21 heavy (non-hydrogen) atoms. The molecule has 1 N–H and O–H groups in total. The molecule has 0 unspecified atom stereocenters. The van der Waals surface area contributed by atoms with Crippen molar-refractivity contribution >= 4 is 5.69 Å². The quantitative estimate of drug-likeness (QED) is 0.876. The Kier molecular flexibility index (Phi) is 4.62. The summed E-state index contributed by atoms with van der Waals surface area (Å²) in [5, 5.41) is 2.72. The fourth-order valence-electron chi connectivity index (χ4n) is 1.93. The van der Waals surface area contributed by atoms with Gasteiger partial charge >= 0.3 is 0 Å². The summed E-state index contributed by atoms with van der Waals surface area (Å²) in [5.74, 6) is -1.91. The number of nitrogens with one attached hydrogen (secondary N) is 1. The molecule has 0 saturated carbocycles. The summed E-state index contributed by atoms with van der Waals surface area (Å²) in [6.07, 6.45) is 0. The zero-order chi connectivity index (χ0) is 15.3. The van der Waals surface area contributed by atoms with E-state index in [0.29, 0.717) is 17.2 Å². The van der Waals surface area contributed by atoms with Crippen LogP contribution in [0.5, 0.6) is 11.5 Å². The highest BCUT2D eigenvalue weighted by Gasteiger charge is 2.31. The van der Waals surface area contributed by atoms with Gasteiger partial charge in [0.05, 0.1) is 26.5 Å². The van der Waals surface area contributed by atoms with E-state index in [-0.39, 0.29) is 5.56 Å². The highest BCUT2D eigenvalue weighted by atomic mass is 19.3. The van der Waals surface area contributed by atoms with Gasteiger partial charge < -0.3 is 14.8 Å². The zero-order valence-electron chi connectivity index (χ0n) is 11.9. The van der Waals surface area contributed by atoms with Crippen LogP contribution in [0, 0.1) is 0 Å². The van der Waals surface area contributed by atoms with E-state index in [1.54, 1.807) is 36.4 Å². The number of benzene rings is 2. The standard InChI is InChI=1S/C16H17F2NO2/c1-20-13-8-9-14(15(10-13)21-2)19-11-16(17,18)12-6-4-3-5-7-12/h3-10,19H,11H2,1-2H3. The van der Waals surface area contributed by atoms with E-state index in [0.717, 1.165) is 0 Å². The molecule has 2 aromatic carbocycles. The second-order valence-corrected chi connectivity index (χ2v) is 4.49. The maximum atomic E-state index is 14.1. The lowest BCUT2D eigenvalue weighted by Crippen LogP contribution is -2.24. The third-order valence-electron chi connectivity index (χ3n) is 3.11. The second-order valence-electron chi connectivity index (χ2n) is 4.49. The molecule has 0 amide bonds. The van der Waals surface area contributed by atoms with Crippen molar-refractivity contribution in [3.8, 4) is 11.5 Å². The van der Waals surface area contributed by atoms with E-state index >= 15 is 0 Å². The van der Waals surface area contributed by atoms with Crippen molar-refractivity contribution in [2.45, 2.75) is 5.92 Å². The largest absolute Gasteiger partial charge is 0.497 e. The molecule has 0 aliphatic carbocycles. The van der Waals surface area contributed by atoms with Crippen LogP contribution in [-0.4, -0.2) is 20.8 Å². The summed E-state index contributed by atoms with van der Waals surface area (Å²) >= 11 is 0. The van der Waals surface area contributed by atoms with E-state index < -0.39 is 12.5 Å². The number of anilines is 1. The number of ether oxygens (including phenoxy) is 2. The smallest absolute Gasteiger partial charge is 0.290 e. The van der Waals surface area contributed by atoms with Crippen LogP contribution < -0.4 is 14.8 Å². The molecule has 0 fully saturated rings. The summed E-state index contributed by atoms with van der Waals surface area (Å²) < 4.78 is 38.4. The van der Waals surface area contributed by atoms with E-state index in [1.807, 2.05) is 0 Å². The van der Waals surface area contributed by atoms with Gasteiger partial charge in [0.2, 0.25) is 0 Å². The minimum absolute atomic E-state index is 0.0232. The van der Waals surface area contributed by atoms with Crippen LogP contribution in [0.4, 0.5) is 14.5 Å². The SMILES string of the molecule is COc1ccc(NCC(F)(F)c2ccccc2)c(OC)c1. The van der Waals surface area contributed by atoms with Crippen LogP contribution in [0.3, 0.4) is 0 Å². The van der Waals surface area contributed by atoms with Crippen LogP contribution in [0.15, 0.2) is 48.5 Å². The van der Waals surface area contributed by atoms with Gasteiger partial charge in [-0.3, -0.25) is 0 Å². The number of rotatable bonds is 6. The summed E-state index contributed by atoms with van der Waals surface area (Å²) in [6.45, 7) is -0.514. The van der Waals surface area contributed by atoms with Gasteiger partial charge in [-0.2, -0.15) is 8.78 Å². The van der Waals surface area contributed by atoms with Gasteiger partial charge in [-0.15, -0.1) is 0 Å². The van der Waals surface area contributed by atoms with E-state index in [4.69, 9.17) is 9.47 Å². The van der Waals surface area contributed by atoms with E-state index in [2.05, 4.69) is 5.32 Å². The van der Waals surface area contributed by atoms with Gasteiger partial charge in [-0.25, -0.2) is 0 Å². The highest BCUT2D eigenvalue weighted by molar-refractivity contribution is 5.59. The van der Waals surface area contributed by atoms with Crippen molar-refractivity contribution < 1.29 is 18.3 Å². The topological polar surface area (TPSA) is 30.5 Å². The van der Waals surface area contributed by atoms with Gasteiger partial charge in [0, 0.05) is 11.6 Å². The third-order valence-corrected chi connectivity index (χ3v) is 3.11. The Morgan fingerprint density at radius 2 is 1.71 bits per heavy atom. The molecule has 2 aromatic rings. The lowest BCUT2D eigenvalue weighted by molar-refractivity contribution is 0.0106. The van der Waals surface area contributed by atoms with Crippen molar-refractivity contribution in [2.75, 3.05) is 26.1 Å². The van der Waals surface area contributed by atoms with Gasteiger partial charge in [0.15, 0.2) is 0 Å². The van der Waals surface area contributed by atoms with Crippen molar-refractivity contribution in [1.29, 1.82) is 0 Å². The first-order valence-corrected chi connectivity index (χ1v) is 6.46. The minimum atomic E-state index is -2.97. The number of alkyl halides is 2. The Bertz CT molecular complexity index is 588. The number of hydrogen-bond donors (Lipinski definition) is 1. The molecule has 0 saturated heterocycles. The number of halogens is 2. The molecule has 0 aromatic heterocycles. The normalized spacial score (nSPS) is 11.0. The van der Waals surface area contributed by atoms with Crippen LogP contribution in [0.2, 0.25) is 0 Å². The van der Waals surface area contributed by atoms with E-state index in [9.17, 15) is 8.78 Å². The third kappa shape index (κ3) is 3.62. The Morgan fingerprint density at radius 3 is 2.33 bits per heavy atom. The fraction of sp³-hybridized carbons (Fsp3) is 0.250. The van der Waals surface area contributed by atoms with E-state index in [1.165, 1.54) is 26.4 Å². The molecule has 0 heterocycles. The number of hydrogen-bond acceptors (Lipinski definition) is 3. The molecule has 0 aliphatic rings. The lowest BCUT2D eigenvalue weighted by atomic mass is 10.1. The molecule has 5 heteroatoms.